The Balaban J connectivity index is 4.51. The molecule has 0 aromatic rings. The van der Waals surface area contributed by atoms with Gasteiger partial charge in [0.05, 0.1) is 11.8 Å². The molecule has 0 unspecified atom stereocenters. The molecule has 4 nitrogen and oxygen atoms in total. The van der Waals surface area contributed by atoms with Crippen molar-refractivity contribution in [2.24, 2.45) is 17.8 Å². The van der Waals surface area contributed by atoms with Gasteiger partial charge in [-0.1, -0.05) is 20.8 Å². The van der Waals surface area contributed by atoms with Gasteiger partial charge in [-0.25, -0.2) is 0 Å². The van der Waals surface area contributed by atoms with E-state index in [9.17, 15) is 9.59 Å². The van der Waals surface area contributed by atoms with Crippen LogP contribution < -0.4 is 0 Å². The lowest BCUT2D eigenvalue weighted by molar-refractivity contribution is -0.154. The van der Waals surface area contributed by atoms with E-state index < -0.39 is 23.8 Å². The highest BCUT2D eigenvalue weighted by atomic mass is 16.4. The molecule has 0 bridgehead atoms. The van der Waals surface area contributed by atoms with Gasteiger partial charge in [-0.15, -0.1) is 0 Å². The van der Waals surface area contributed by atoms with Crippen molar-refractivity contribution < 1.29 is 19.8 Å². The zero-order chi connectivity index (χ0) is 9.89. The minimum atomic E-state index is -1.06. The molecular formula is C8H14O4. The molecule has 0 aromatic heterocycles. The molecule has 12 heavy (non-hydrogen) atoms. The van der Waals surface area contributed by atoms with Crippen molar-refractivity contribution in [3.63, 3.8) is 0 Å². The summed E-state index contributed by atoms with van der Waals surface area (Å²) in [5.41, 5.74) is 0. The normalized spacial score (nSPS) is 15.7. The van der Waals surface area contributed by atoms with E-state index in [0.29, 0.717) is 0 Å². The molecular weight excluding hydrogens is 160 g/mol. The molecule has 0 saturated heterocycles. The molecule has 0 amide bonds. The molecule has 2 atom stereocenters. The van der Waals surface area contributed by atoms with Crippen LogP contribution in [0.3, 0.4) is 0 Å². The summed E-state index contributed by atoms with van der Waals surface area (Å²) in [6, 6.07) is 0. The van der Waals surface area contributed by atoms with E-state index in [4.69, 9.17) is 10.2 Å². The molecule has 0 radical (unpaired) electrons. The van der Waals surface area contributed by atoms with E-state index in [0.717, 1.165) is 0 Å². The lowest BCUT2D eigenvalue weighted by atomic mass is 9.85. The zero-order valence-corrected chi connectivity index (χ0v) is 7.44. The molecule has 2 N–H and O–H groups in total. The first-order valence-corrected chi connectivity index (χ1v) is 3.83. The van der Waals surface area contributed by atoms with Crippen molar-refractivity contribution >= 4 is 11.9 Å². The van der Waals surface area contributed by atoms with Crippen molar-refractivity contribution in [2.75, 3.05) is 0 Å². The minimum absolute atomic E-state index is 0.159. The lowest BCUT2D eigenvalue weighted by Crippen LogP contribution is -2.31. The summed E-state index contributed by atoms with van der Waals surface area (Å²) in [6.45, 7) is 4.83. The van der Waals surface area contributed by atoms with Gasteiger partial charge in [0, 0.05) is 0 Å². The smallest absolute Gasteiger partial charge is 0.307 e. The van der Waals surface area contributed by atoms with Gasteiger partial charge in [0.25, 0.3) is 0 Å². The van der Waals surface area contributed by atoms with E-state index in [2.05, 4.69) is 0 Å². The maximum Gasteiger partial charge on any atom is 0.307 e. The number of aliphatic carboxylic acids is 2. The van der Waals surface area contributed by atoms with Crippen LogP contribution in [0.2, 0.25) is 0 Å². The third-order valence-electron chi connectivity index (χ3n) is 1.93. The highest BCUT2D eigenvalue weighted by molar-refractivity contribution is 5.79. The van der Waals surface area contributed by atoms with Crippen molar-refractivity contribution in [3.8, 4) is 0 Å². The van der Waals surface area contributed by atoms with Crippen LogP contribution in [0, 0.1) is 17.8 Å². The molecule has 0 aliphatic carbocycles. The van der Waals surface area contributed by atoms with Crippen LogP contribution in [-0.2, 0) is 9.59 Å². The van der Waals surface area contributed by atoms with Gasteiger partial charge in [-0.2, -0.15) is 0 Å². The van der Waals surface area contributed by atoms with Crippen molar-refractivity contribution in [2.45, 2.75) is 20.8 Å². The van der Waals surface area contributed by atoms with E-state index in [1.165, 1.54) is 6.92 Å². The van der Waals surface area contributed by atoms with E-state index >= 15 is 0 Å². The highest BCUT2D eigenvalue weighted by Crippen LogP contribution is 2.21. The van der Waals surface area contributed by atoms with Crippen LogP contribution in [0.25, 0.3) is 0 Å². The topological polar surface area (TPSA) is 74.6 Å². The summed E-state index contributed by atoms with van der Waals surface area (Å²) < 4.78 is 0. The standard InChI is InChI=1S/C8H14O4/c1-4(2)6(8(11)12)5(3)7(9)10/h4-6H,1-3H3,(H,9,10)(H,11,12)/t5-,6+/m1/s1. The first-order chi connectivity index (χ1) is 5.37. The molecule has 0 rings (SSSR count). The maximum atomic E-state index is 10.6. The first kappa shape index (κ1) is 10.9. The monoisotopic (exact) mass is 174 g/mol. The summed E-state index contributed by atoms with van der Waals surface area (Å²) in [4.78, 5) is 21.1. The van der Waals surface area contributed by atoms with E-state index in [-0.39, 0.29) is 5.92 Å². The van der Waals surface area contributed by atoms with E-state index in [1.807, 2.05) is 0 Å². The third-order valence-corrected chi connectivity index (χ3v) is 1.93. The van der Waals surface area contributed by atoms with Gasteiger partial charge in [-0.3, -0.25) is 9.59 Å². The summed E-state index contributed by atoms with van der Waals surface area (Å²) in [5.74, 6) is -3.89. The molecule has 0 aliphatic rings. The molecule has 0 heterocycles. The van der Waals surface area contributed by atoms with Gasteiger partial charge < -0.3 is 10.2 Å². The molecule has 0 fully saturated rings. The van der Waals surface area contributed by atoms with Gasteiger partial charge in [0.2, 0.25) is 0 Å². The number of hydrogen-bond acceptors (Lipinski definition) is 2. The van der Waals surface area contributed by atoms with Crippen molar-refractivity contribution in [3.05, 3.63) is 0 Å². The number of carboxylic acid groups (broad SMARTS) is 2. The number of hydrogen-bond donors (Lipinski definition) is 2. The second-order valence-corrected chi connectivity index (χ2v) is 3.23. The Morgan fingerprint density at radius 2 is 1.42 bits per heavy atom. The molecule has 0 saturated carbocycles. The molecule has 0 aliphatic heterocycles. The SMILES string of the molecule is CC(C)[C@H](C(=O)O)[C@@H](C)C(=O)O. The van der Waals surface area contributed by atoms with Crippen molar-refractivity contribution in [1.29, 1.82) is 0 Å². The Labute approximate surface area is 71.2 Å². The van der Waals surface area contributed by atoms with Crippen LogP contribution in [0.5, 0.6) is 0 Å². The van der Waals surface area contributed by atoms with Crippen molar-refractivity contribution in [1.82, 2.24) is 0 Å². The molecule has 0 aromatic carbocycles. The number of rotatable bonds is 4. The average molecular weight is 174 g/mol. The summed E-state index contributed by atoms with van der Waals surface area (Å²) >= 11 is 0. The van der Waals surface area contributed by atoms with Crippen LogP contribution in [0.1, 0.15) is 20.8 Å². The van der Waals surface area contributed by atoms with Crippen LogP contribution in [0.15, 0.2) is 0 Å². The average Bonchev–Trinajstić information content (AvgIpc) is 1.85. The second-order valence-electron chi connectivity index (χ2n) is 3.23. The molecule has 70 valence electrons. The summed E-state index contributed by atoms with van der Waals surface area (Å²) in [5, 5.41) is 17.3. The largest absolute Gasteiger partial charge is 0.481 e. The van der Waals surface area contributed by atoms with Crippen LogP contribution in [0.4, 0.5) is 0 Å². The Kier molecular flexibility index (Phi) is 3.73. The Morgan fingerprint density at radius 3 is 1.50 bits per heavy atom. The highest BCUT2D eigenvalue weighted by Gasteiger charge is 2.32. The van der Waals surface area contributed by atoms with Gasteiger partial charge in [-0.05, 0) is 5.92 Å². The quantitative estimate of drug-likeness (QED) is 0.668. The summed E-state index contributed by atoms with van der Waals surface area (Å²) in [7, 11) is 0. The fourth-order valence-corrected chi connectivity index (χ4v) is 1.23. The Hall–Kier alpha value is -1.06. The van der Waals surface area contributed by atoms with Gasteiger partial charge in [0.15, 0.2) is 0 Å². The lowest BCUT2D eigenvalue weighted by Gasteiger charge is -2.19. The summed E-state index contributed by atoms with van der Waals surface area (Å²) in [6.07, 6.45) is 0. The fraction of sp³-hybridized carbons (Fsp3) is 0.750. The number of carbonyl (C=O) groups is 2. The molecule has 4 heteroatoms. The van der Waals surface area contributed by atoms with E-state index in [1.54, 1.807) is 13.8 Å². The Morgan fingerprint density at radius 1 is 1.00 bits per heavy atom. The predicted octanol–water partition coefficient (Wildman–Crippen LogP) is 1.06. The predicted molar refractivity (Wildman–Crippen MR) is 42.8 cm³/mol. The second kappa shape index (κ2) is 4.09. The minimum Gasteiger partial charge on any atom is -0.481 e. The first-order valence-electron chi connectivity index (χ1n) is 3.83. The van der Waals surface area contributed by atoms with Crippen LogP contribution >= 0.6 is 0 Å². The molecule has 0 spiro atoms. The van der Waals surface area contributed by atoms with Crippen LogP contribution in [-0.4, -0.2) is 22.2 Å². The third kappa shape index (κ3) is 2.53. The van der Waals surface area contributed by atoms with Gasteiger partial charge in [0.1, 0.15) is 0 Å². The fourth-order valence-electron chi connectivity index (χ4n) is 1.23. The number of carboxylic acids is 2. The van der Waals surface area contributed by atoms with Gasteiger partial charge >= 0.3 is 11.9 Å². The zero-order valence-electron chi connectivity index (χ0n) is 7.44. The Bertz CT molecular complexity index is 185. The maximum absolute atomic E-state index is 10.6.